The molecule has 0 radical (unpaired) electrons. The van der Waals surface area contributed by atoms with Crippen molar-refractivity contribution in [1.29, 1.82) is 0 Å². The first-order valence-corrected chi connectivity index (χ1v) is 17.3. The number of hydrogen-bond donors (Lipinski definition) is 1. The Morgan fingerprint density at radius 1 is 0.816 bits per heavy atom. The maximum absolute atomic E-state index is 14.2. The van der Waals surface area contributed by atoms with E-state index in [-0.39, 0.29) is 18.9 Å². The van der Waals surface area contributed by atoms with Gasteiger partial charge < -0.3 is 34.0 Å². The molecule has 2 aliphatic carbocycles. The Kier molecular flexibility index (Phi) is 12.7. The molecular weight excluding hydrogens is 630 g/mol. The summed E-state index contributed by atoms with van der Waals surface area (Å²) in [4.78, 5) is 57.4. The molecule has 2 aromatic carbocycles. The largest absolute Gasteiger partial charge is 0.458 e. The summed E-state index contributed by atoms with van der Waals surface area (Å²) in [5.74, 6) is -2.15. The normalized spacial score (nSPS) is 18.6. The number of morpholine rings is 1. The molecule has 0 unspecified atom stereocenters. The lowest BCUT2D eigenvalue weighted by Crippen LogP contribution is -2.51. The Labute approximate surface area is 288 Å². The zero-order valence-corrected chi connectivity index (χ0v) is 28.7. The average molecular weight is 680 g/mol. The maximum atomic E-state index is 14.2. The number of amides is 1. The second kappa shape index (κ2) is 17.1. The fraction of sp³-hybridized carbons (Fsp3) is 0.568. The van der Waals surface area contributed by atoms with Crippen LogP contribution in [-0.2, 0) is 51.2 Å². The van der Waals surface area contributed by atoms with E-state index in [0.29, 0.717) is 32.0 Å². The number of ether oxygens (including phenoxy) is 4. The molecule has 0 aromatic heterocycles. The van der Waals surface area contributed by atoms with Crippen molar-refractivity contribution in [3.05, 3.63) is 65.7 Å². The van der Waals surface area contributed by atoms with Gasteiger partial charge in [0.1, 0.15) is 18.7 Å². The number of hydroxylamine groups is 2. The number of likely N-dealkylation sites (N-methyl/N-ethyl adjacent to an activating group) is 2. The van der Waals surface area contributed by atoms with Crippen LogP contribution < -0.4 is 4.90 Å². The molecule has 2 aromatic rings. The van der Waals surface area contributed by atoms with Crippen molar-refractivity contribution in [2.75, 3.05) is 45.3 Å². The minimum atomic E-state index is -1.27. The first kappa shape index (κ1) is 36.3. The molecule has 12 heteroatoms. The first-order valence-electron chi connectivity index (χ1n) is 17.3. The Hall–Kier alpha value is -4.00. The molecule has 49 heavy (non-hydrogen) atoms. The van der Waals surface area contributed by atoms with E-state index in [0.717, 1.165) is 60.7 Å². The highest BCUT2D eigenvalue weighted by Crippen LogP contribution is 2.36. The zero-order valence-electron chi connectivity index (χ0n) is 28.7. The molecule has 1 saturated heterocycles. The van der Waals surface area contributed by atoms with Crippen LogP contribution in [0.2, 0.25) is 0 Å². The lowest BCUT2D eigenvalue weighted by Gasteiger charge is -2.32. The molecular formula is C37H49N3O9. The number of carbonyl (C=O) groups is 4. The zero-order chi connectivity index (χ0) is 34.9. The van der Waals surface area contributed by atoms with Gasteiger partial charge in [-0.25, -0.2) is 9.59 Å². The summed E-state index contributed by atoms with van der Waals surface area (Å²) in [6, 6.07) is 15.0. The third kappa shape index (κ3) is 10.7. The number of rotatable bonds is 17. The van der Waals surface area contributed by atoms with Crippen LogP contribution in [0.15, 0.2) is 54.6 Å². The summed E-state index contributed by atoms with van der Waals surface area (Å²) in [6.07, 6.45) is 2.16. The van der Waals surface area contributed by atoms with Gasteiger partial charge in [0, 0.05) is 39.3 Å². The van der Waals surface area contributed by atoms with E-state index >= 15 is 0 Å². The Morgan fingerprint density at radius 3 is 2.00 bits per heavy atom. The van der Waals surface area contributed by atoms with Crippen molar-refractivity contribution in [1.82, 2.24) is 9.96 Å². The van der Waals surface area contributed by atoms with Gasteiger partial charge in [-0.1, -0.05) is 68.1 Å². The topological polar surface area (TPSA) is 135 Å². The van der Waals surface area contributed by atoms with Crippen LogP contribution in [0.3, 0.4) is 0 Å². The Balaban J connectivity index is 1.29. The second-order valence-corrected chi connectivity index (χ2v) is 13.5. The monoisotopic (exact) mass is 679 g/mol. The minimum Gasteiger partial charge on any atom is -0.458 e. The average Bonchev–Trinajstić information content (AvgIpc) is 4.05. The highest BCUT2D eigenvalue weighted by molar-refractivity contribution is 5.90. The van der Waals surface area contributed by atoms with Gasteiger partial charge in [0.2, 0.25) is 0 Å². The van der Waals surface area contributed by atoms with Crippen molar-refractivity contribution in [3.63, 3.8) is 0 Å². The molecule has 5 rings (SSSR count). The van der Waals surface area contributed by atoms with Crippen LogP contribution in [0.4, 0.5) is 5.69 Å². The van der Waals surface area contributed by atoms with Crippen molar-refractivity contribution in [2.45, 2.75) is 82.8 Å². The van der Waals surface area contributed by atoms with Crippen molar-refractivity contribution < 1.29 is 43.3 Å². The smallest absolute Gasteiger partial charge is 0.347 e. The third-order valence-corrected chi connectivity index (χ3v) is 9.43. The molecule has 0 bridgehead atoms. The Bertz CT molecular complexity index is 1410. The Morgan fingerprint density at radius 2 is 1.41 bits per heavy atom. The molecule has 12 nitrogen and oxygen atoms in total. The standard InChI is InChI=1S/C37H49N3O9/c1-25(35(42)47-24-29-7-5-4-6-8-29)48-36(43)31(21-26-9-10-26)38(2)34(41)33(49-37(44)32(39(3)45)22-27-11-12-27)23-28-13-15-30(16-14-28)40-17-19-46-20-18-40/h4-8,13-16,25-27,31-33,45H,9-12,17-24H2,1-3H3/t25-,31+,32+,33-/m1/s1. The van der Waals surface area contributed by atoms with E-state index < -0.39 is 48.1 Å². The predicted molar refractivity (Wildman–Crippen MR) is 179 cm³/mol. The van der Waals surface area contributed by atoms with Gasteiger partial charge in [0.25, 0.3) is 5.91 Å². The van der Waals surface area contributed by atoms with Gasteiger partial charge in [-0.05, 0) is 54.9 Å². The van der Waals surface area contributed by atoms with Crippen LogP contribution in [0.1, 0.15) is 56.6 Å². The van der Waals surface area contributed by atoms with E-state index in [1.807, 2.05) is 54.6 Å². The summed E-state index contributed by atoms with van der Waals surface area (Å²) in [5.41, 5.74) is 2.59. The predicted octanol–water partition coefficient (Wildman–Crippen LogP) is 3.77. The summed E-state index contributed by atoms with van der Waals surface area (Å²) >= 11 is 0. The molecule has 0 spiro atoms. The summed E-state index contributed by atoms with van der Waals surface area (Å²) in [6.45, 7) is 4.35. The second-order valence-electron chi connectivity index (χ2n) is 13.5. The van der Waals surface area contributed by atoms with Crippen LogP contribution in [0, 0.1) is 11.8 Å². The van der Waals surface area contributed by atoms with Gasteiger partial charge in [0.15, 0.2) is 12.2 Å². The van der Waals surface area contributed by atoms with Crippen LogP contribution in [-0.4, -0.2) is 104 Å². The molecule has 2 saturated carbocycles. The molecule has 266 valence electrons. The van der Waals surface area contributed by atoms with Gasteiger partial charge in [-0.3, -0.25) is 9.59 Å². The summed E-state index contributed by atoms with van der Waals surface area (Å²) in [7, 11) is 2.90. The highest BCUT2D eigenvalue weighted by atomic mass is 16.6. The van der Waals surface area contributed by atoms with Crippen LogP contribution in [0.25, 0.3) is 0 Å². The molecule has 1 amide bonds. The quantitative estimate of drug-likeness (QED) is 0.149. The number of carbonyl (C=O) groups excluding carboxylic acids is 4. The third-order valence-electron chi connectivity index (χ3n) is 9.43. The first-order chi connectivity index (χ1) is 23.6. The maximum Gasteiger partial charge on any atom is 0.347 e. The molecule has 1 heterocycles. The highest BCUT2D eigenvalue weighted by Gasteiger charge is 2.41. The minimum absolute atomic E-state index is 0.0384. The SMILES string of the molecule is C[C@@H](OC(=O)[C@H](CC1CC1)N(C)C(=O)[C@@H](Cc1ccc(N2CCOCC2)cc1)OC(=O)[C@H](CC1CC1)N(C)O)C(=O)OCc1ccccc1. The van der Waals surface area contributed by atoms with Gasteiger partial charge in [-0.15, -0.1) is 0 Å². The molecule has 3 aliphatic rings. The van der Waals surface area contributed by atoms with Crippen LogP contribution >= 0.6 is 0 Å². The van der Waals surface area contributed by atoms with Crippen molar-refractivity contribution in [2.24, 2.45) is 11.8 Å². The van der Waals surface area contributed by atoms with Crippen molar-refractivity contribution >= 4 is 29.5 Å². The van der Waals surface area contributed by atoms with E-state index in [2.05, 4.69) is 4.90 Å². The lowest BCUT2D eigenvalue weighted by atomic mass is 10.0. The fourth-order valence-corrected chi connectivity index (χ4v) is 5.96. The van der Waals surface area contributed by atoms with Gasteiger partial charge in [0.05, 0.1) is 13.2 Å². The lowest BCUT2D eigenvalue weighted by molar-refractivity contribution is -0.181. The van der Waals surface area contributed by atoms with E-state index in [1.165, 1.54) is 25.9 Å². The van der Waals surface area contributed by atoms with E-state index in [4.69, 9.17) is 18.9 Å². The van der Waals surface area contributed by atoms with Crippen molar-refractivity contribution in [3.8, 4) is 0 Å². The number of nitrogens with zero attached hydrogens (tertiary/aromatic N) is 3. The number of benzene rings is 2. The molecule has 1 N–H and O–H groups in total. The van der Waals surface area contributed by atoms with Crippen LogP contribution in [0.5, 0.6) is 0 Å². The fourth-order valence-electron chi connectivity index (χ4n) is 5.96. The number of esters is 3. The summed E-state index contributed by atoms with van der Waals surface area (Å²) in [5, 5.41) is 11.1. The van der Waals surface area contributed by atoms with Gasteiger partial charge >= 0.3 is 17.9 Å². The molecule has 1 aliphatic heterocycles. The van der Waals surface area contributed by atoms with E-state index in [9.17, 15) is 24.4 Å². The van der Waals surface area contributed by atoms with Gasteiger partial charge in [-0.2, -0.15) is 5.06 Å². The molecule has 3 fully saturated rings. The van der Waals surface area contributed by atoms with E-state index in [1.54, 1.807) is 0 Å². The number of anilines is 1. The number of hydrogen-bond acceptors (Lipinski definition) is 11. The molecule has 4 atom stereocenters. The summed E-state index contributed by atoms with van der Waals surface area (Å²) < 4.78 is 22.3.